The molecule has 1 fully saturated rings. The minimum Gasteiger partial charge on any atom is -0.497 e. The van der Waals surface area contributed by atoms with Gasteiger partial charge in [0.25, 0.3) is 5.56 Å². The first kappa shape index (κ1) is 26.3. The van der Waals surface area contributed by atoms with Gasteiger partial charge in [-0.2, -0.15) is 0 Å². The zero-order chi connectivity index (χ0) is 27.3. The van der Waals surface area contributed by atoms with Crippen molar-refractivity contribution in [2.45, 2.75) is 69.6 Å². The smallest absolute Gasteiger partial charge is 0.268 e. The summed E-state index contributed by atoms with van der Waals surface area (Å²) in [5.41, 5.74) is 1.61. The monoisotopic (exact) mass is 567 g/mol. The standard InChI is InChI=1S/C28H33N5O4S2/c1-16(2)21-14-20-22(15-37-21)39-26-23(20)25(35)32(18-8-10-19(36-4)11-9-18)27-29-30-28(33(26)27)38-17(3)24(34)31-12-6-5-7-13-31/h8-11,16-17,21H,5-7,12-15H2,1-4H3/t17-,21-/m0/s1. The molecule has 0 N–H and O–H groups in total. The molecular formula is C28H33N5O4S2. The number of piperidine rings is 1. The van der Waals surface area contributed by atoms with Crippen LogP contribution in [0.4, 0.5) is 0 Å². The Hall–Kier alpha value is -2.89. The van der Waals surface area contributed by atoms with E-state index in [9.17, 15) is 9.59 Å². The Morgan fingerprint density at radius 1 is 1.13 bits per heavy atom. The van der Waals surface area contributed by atoms with Gasteiger partial charge in [0.2, 0.25) is 11.7 Å². The van der Waals surface area contributed by atoms with Crippen molar-refractivity contribution >= 4 is 45.0 Å². The van der Waals surface area contributed by atoms with Crippen LogP contribution in [-0.2, 0) is 22.6 Å². The average Bonchev–Trinajstić information content (AvgIpc) is 3.54. The van der Waals surface area contributed by atoms with E-state index < -0.39 is 0 Å². The lowest BCUT2D eigenvalue weighted by atomic mass is 9.96. The van der Waals surface area contributed by atoms with E-state index in [1.54, 1.807) is 23.0 Å². The molecule has 0 saturated carbocycles. The molecule has 5 heterocycles. The lowest BCUT2D eigenvalue weighted by molar-refractivity contribution is -0.131. The molecule has 0 radical (unpaired) electrons. The van der Waals surface area contributed by atoms with Crippen LogP contribution < -0.4 is 10.3 Å². The molecule has 1 saturated heterocycles. The summed E-state index contributed by atoms with van der Waals surface area (Å²) in [4.78, 5) is 31.3. The Kier molecular flexibility index (Phi) is 7.15. The molecule has 2 atom stereocenters. The molecule has 39 heavy (non-hydrogen) atoms. The van der Waals surface area contributed by atoms with E-state index in [4.69, 9.17) is 9.47 Å². The zero-order valence-corrected chi connectivity index (χ0v) is 24.3. The number of likely N-dealkylation sites (tertiary alicyclic amines) is 1. The first-order valence-electron chi connectivity index (χ1n) is 13.5. The highest BCUT2D eigenvalue weighted by Crippen LogP contribution is 2.38. The third-order valence-corrected chi connectivity index (χ3v) is 9.94. The molecule has 9 nitrogen and oxygen atoms in total. The van der Waals surface area contributed by atoms with Crippen LogP contribution in [0.5, 0.6) is 5.75 Å². The summed E-state index contributed by atoms with van der Waals surface area (Å²) in [6.07, 6.45) is 4.01. The van der Waals surface area contributed by atoms with Crippen molar-refractivity contribution in [1.29, 1.82) is 0 Å². The number of hydrogen-bond acceptors (Lipinski definition) is 8. The van der Waals surface area contributed by atoms with Gasteiger partial charge in [-0.1, -0.05) is 25.6 Å². The average molecular weight is 568 g/mol. The van der Waals surface area contributed by atoms with E-state index in [-0.39, 0.29) is 22.8 Å². The van der Waals surface area contributed by atoms with Crippen molar-refractivity contribution in [3.8, 4) is 11.4 Å². The SMILES string of the molecule is COc1ccc(-n2c(=O)c3c4c(sc3n3c(S[C@@H](C)C(=O)N5CCCCC5)nnc23)CO[C@H](C(C)C)C4)cc1. The molecular weight excluding hydrogens is 534 g/mol. The van der Waals surface area contributed by atoms with Crippen LogP contribution in [0.3, 0.4) is 0 Å². The van der Waals surface area contributed by atoms with Crippen LogP contribution in [0.1, 0.15) is 50.5 Å². The van der Waals surface area contributed by atoms with Crippen LogP contribution in [0.25, 0.3) is 21.7 Å². The molecule has 3 aromatic heterocycles. The predicted octanol–water partition coefficient (Wildman–Crippen LogP) is 4.69. The number of fused-ring (bicyclic) bond motifs is 5. The normalized spacial score (nSPS) is 18.6. The maximum atomic E-state index is 14.2. The van der Waals surface area contributed by atoms with Crippen molar-refractivity contribution in [3.05, 3.63) is 45.1 Å². The lowest BCUT2D eigenvalue weighted by Crippen LogP contribution is -2.40. The van der Waals surface area contributed by atoms with Gasteiger partial charge < -0.3 is 14.4 Å². The third kappa shape index (κ3) is 4.64. The summed E-state index contributed by atoms with van der Waals surface area (Å²) in [6, 6.07) is 7.38. The second kappa shape index (κ2) is 10.6. The predicted molar refractivity (Wildman–Crippen MR) is 153 cm³/mol. The van der Waals surface area contributed by atoms with E-state index in [1.165, 1.54) is 18.2 Å². The summed E-state index contributed by atoms with van der Waals surface area (Å²) in [5, 5.41) is 9.98. The fourth-order valence-electron chi connectivity index (χ4n) is 5.49. The molecule has 2 aliphatic heterocycles. The van der Waals surface area contributed by atoms with Crippen LogP contribution >= 0.6 is 23.1 Å². The van der Waals surface area contributed by atoms with Crippen molar-refractivity contribution < 1.29 is 14.3 Å². The van der Waals surface area contributed by atoms with E-state index in [1.807, 2.05) is 40.5 Å². The molecule has 0 bridgehead atoms. The first-order valence-corrected chi connectivity index (χ1v) is 15.2. The van der Waals surface area contributed by atoms with Gasteiger partial charge in [-0.15, -0.1) is 21.5 Å². The Morgan fingerprint density at radius 2 is 1.87 bits per heavy atom. The Labute approximate surface area is 235 Å². The van der Waals surface area contributed by atoms with E-state index in [0.29, 0.717) is 46.7 Å². The molecule has 0 spiro atoms. The number of methoxy groups -OCH3 is 1. The summed E-state index contributed by atoms with van der Waals surface area (Å²) in [7, 11) is 1.62. The minimum atomic E-state index is -0.324. The number of ether oxygens (including phenoxy) is 2. The number of carbonyl (C=O) groups excluding carboxylic acids is 1. The number of nitrogens with zero attached hydrogens (tertiary/aromatic N) is 5. The van der Waals surface area contributed by atoms with Gasteiger partial charge in [-0.05, 0) is 61.9 Å². The summed E-state index contributed by atoms with van der Waals surface area (Å²) in [6.45, 7) is 8.32. The molecule has 0 aliphatic carbocycles. The van der Waals surface area contributed by atoms with Crippen molar-refractivity contribution in [1.82, 2.24) is 24.1 Å². The van der Waals surface area contributed by atoms with Crippen LogP contribution in [0, 0.1) is 5.92 Å². The van der Waals surface area contributed by atoms with Crippen LogP contribution in [-0.4, -0.2) is 61.5 Å². The Bertz CT molecular complexity index is 1580. The van der Waals surface area contributed by atoms with Gasteiger partial charge in [0.15, 0.2) is 5.16 Å². The van der Waals surface area contributed by atoms with Gasteiger partial charge >= 0.3 is 0 Å². The van der Waals surface area contributed by atoms with E-state index in [0.717, 1.165) is 41.2 Å². The number of thioether (sulfide) groups is 1. The molecule has 6 rings (SSSR count). The molecule has 11 heteroatoms. The van der Waals surface area contributed by atoms with Gasteiger partial charge in [0, 0.05) is 24.4 Å². The summed E-state index contributed by atoms with van der Waals surface area (Å²) in [5.74, 6) is 1.59. The number of carbonyl (C=O) groups is 1. The highest BCUT2D eigenvalue weighted by molar-refractivity contribution is 8.00. The van der Waals surface area contributed by atoms with E-state index >= 15 is 0 Å². The molecule has 1 amide bonds. The van der Waals surface area contributed by atoms with Gasteiger partial charge in [0.05, 0.1) is 36.1 Å². The molecule has 206 valence electrons. The highest BCUT2D eigenvalue weighted by Gasteiger charge is 2.31. The summed E-state index contributed by atoms with van der Waals surface area (Å²) >= 11 is 2.97. The number of aromatic nitrogens is 4. The lowest BCUT2D eigenvalue weighted by Gasteiger charge is -2.28. The quantitative estimate of drug-likeness (QED) is 0.312. The second-order valence-corrected chi connectivity index (χ2v) is 13.0. The maximum absolute atomic E-state index is 14.2. The van der Waals surface area contributed by atoms with Crippen molar-refractivity contribution in [2.75, 3.05) is 20.2 Å². The molecule has 4 aromatic rings. The number of rotatable bonds is 6. The number of benzene rings is 1. The number of thiophene rings is 1. The molecule has 1 aromatic carbocycles. The van der Waals surface area contributed by atoms with Crippen molar-refractivity contribution in [2.24, 2.45) is 5.92 Å². The molecule has 2 aliphatic rings. The van der Waals surface area contributed by atoms with Gasteiger partial charge in [-0.3, -0.25) is 9.59 Å². The minimum absolute atomic E-state index is 0.0526. The largest absolute Gasteiger partial charge is 0.497 e. The van der Waals surface area contributed by atoms with Crippen molar-refractivity contribution in [3.63, 3.8) is 0 Å². The highest BCUT2D eigenvalue weighted by atomic mass is 32.2. The Morgan fingerprint density at radius 3 is 2.56 bits per heavy atom. The fraction of sp³-hybridized carbons (Fsp3) is 0.500. The second-order valence-electron chi connectivity index (χ2n) is 10.6. The fourth-order valence-corrected chi connectivity index (χ4v) is 7.72. The van der Waals surface area contributed by atoms with Gasteiger partial charge in [-0.25, -0.2) is 8.97 Å². The maximum Gasteiger partial charge on any atom is 0.268 e. The molecule has 0 unspecified atom stereocenters. The van der Waals surface area contributed by atoms with Crippen LogP contribution in [0.15, 0.2) is 34.2 Å². The first-order chi connectivity index (χ1) is 18.9. The zero-order valence-electron chi connectivity index (χ0n) is 22.7. The number of amides is 1. The number of hydrogen-bond donors (Lipinski definition) is 0. The summed E-state index contributed by atoms with van der Waals surface area (Å²) < 4.78 is 15.1. The van der Waals surface area contributed by atoms with Gasteiger partial charge in [0.1, 0.15) is 10.6 Å². The van der Waals surface area contributed by atoms with Crippen LogP contribution in [0.2, 0.25) is 0 Å². The Balaban J connectivity index is 1.52. The van der Waals surface area contributed by atoms with E-state index in [2.05, 4.69) is 24.0 Å². The third-order valence-electron chi connectivity index (χ3n) is 7.71. The topological polar surface area (TPSA) is 91.0 Å².